The van der Waals surface area contributed by atoms with Gasteiger partial charge in [0.2, 0.25) is 0 Å². The summed E-state index contributed by atoms with van der Waals surface area (Å²) in [5.41, 5.74) is 0. The molecule has 2 rings (SSSR count). The van der Waals surface area contributed by atoms with E-state index in [-0.39, 0.29) is 17.8 Å². The van der Waals surface area contributed by atoms with Crippen LogP contribution in [0, 0.1) is 17.8 Å². The first kappa shape index (κ1) is 14.0. The van der Waals surface area contributed by atoms with Crippen LogP contribution in [0.25, 0.3) is 0 Å². The van der Waals surface area contributed by atoms with Crippen molar-refractivity contribution in [2.24, 2.45) is 17.8 Å². The van der Waals surface area contributed by atoms with E-state index in [0.717, 1.165) is 21.8 Å². The number of fused-ring (bicyclic) bond motifs is 2. The van der Waals surface area contributed by atoms with Gasteiger partial charge in [0.25, 0.3) is 0 Å². The van der Waals surface area contributed by atoms with Crippen molar-refractivity contribution in [2.75, 3.05) is 14.2 Å². The van der Waals surface area contributed by atoms with Gasteiger partial charge in [0, 0.05) is 23.2 Å². The molecular weight excluding hydrogens is 352 g/mol. The summed E-state index contributed by atoms with van der Waals surface area (Å²) in [7, 11) is 3.30. The minimum atomic E-state index is -0.725. The van der Waals surface area contributed by atoms with Crippen LogP contribution in [0.3, 0.4) is 0 Å². The summed E-state index contributed by atoms with van der Waals surface area (Å²) in [5.74, 6) is -0.586. The first-order valence-corrected chi connectivity index (χ1v) is 7.47. The fourth-order valence-corrected chi connectivity index (χ4v) is 5.17. The van der Waals surface area contributed by atoms with E-state index < -0.39 is 11.9 Å². The molecule has 2 aliphatic carbocycles. The van der Waals surface area contributed by atoms with Gasteiger partial charge in [-0.25, -0.2) is 0 Å². The van der Waals surface area contributed by atoms with Gasteiger partial charge in [0.15, 0.2) is 5.79 Å². The lowest BCUT2D eigenvalue weighted by atomic mass is 9.87. The Labute approximate surface area is 119 Å². The Bertz CT molecular complexity index is 339. The zero-order valence-corrected chi connectivity index (χ0v) is 13.4. The van der Waals surface area contributed by atoms with Gasteiger partial charge in [-0.05, 0) is 12.3 Å². The van der Waals surface area contributed by atoms with Crippen molar-refractivity contribution in [1.82, 2.24) is 0 Å². The molecule has 2 bridgehead atoms. The number of aliphatic hydroxyl groups excluding tert-OH is 1. The van der Waals surface area contributed by atoms with E-state index in [9.17, 15) is 5.11 Å². The van der Waals surface area contributed by atoms with Crippen LogP contribution in [-0.2, 0) is 9.47 Å². The summed E-state index contributed by atoms with van der Waals surface area (Å²) in [6.07, 6.45) is 1.62. The van der Waals surface area contributed by atoms with E-state index in [0.29, 0.717) is 0 Å². The monoisotopic (exact) mass is 368 g/mol. The topological polar surface area (TPSA) is 38.7 Å². The smallest absolute Gasteiger partial charge is 0.185 e. The summed E-state index contributed by atoms with van der Waals surface area (Å²) < 4.78 is 13.3. The largest absolute Gasteiger partial charge is 0.392 e. The molecule has 3 nitrogen and oxygen atoms in total. The van der Waals surface area contributed by atoms with Crippen LogP contribution in [0.2, 0.25) is 0 Å². The number of hydrogen-bond acceptors (Lipinski definition) is 3. The van der Waals surface area contributed by atoms with Crippen LogP contribution in [0.5, 0.6) is 0 Å². The average molecular weight is 370 g/mol. The Balaban J connectivity index is 2.44. The molecule has 0 heterocycles. The molecule has 1 fully saturated rings. The fourth-order valence-electron chi connectivity index (χ4n) is 3.42. The maximum Gasteiger partial charge on any atom is 0.185 e. The molecule has 1 saturated carbocycles. The Kier molecular flexibility index (Phi) is 4.06. The van der Waals surface area contributed by atoms with Gasteiger partial charge in [-0.2, -0.15) is 0 Å². The molecule has 0 amide bonds. The average Bonchev–Trinajstić information content (AvgIpc) is 2.69. The summed E-state index contributed by atoms with van der Waals surface area (Å²) in [4.78, 5) is 0. The van der Waals surface area contributed by atoms with E-state index >= 15 is 0 Å². The number of hydrogen-bond donors (Lipinski definition) is 1. The number of halogens is 2. The molecule has 98 valence electrons. The Morgan fingerprint density at radius 3 is 2.12 bits per heavy atom. The third kappa shape index (κ3) is 1.70. The zero-order chi connectivity index (χ0) is 12.8. The molecule has 0 aromatic rings. The first-order valence-electron chi connectivity index (χ1n) is 5.88. The van der Waals surface area contributed by atoms with Crippen LogP contribution in [0.15, 0.2) is 8.96 Å². The summed E-state index contributed by atoms with van der Waals surface area (Å²) >= 11 is 7.17. The second-order valence-electron chi connectivity index (χ2n) is 4.72. The van der Waals surface area contributed by atoms with Crippen LogP contribution >= 0.6 is 31.9 Å². The van der Waals surface area contributed by atoms with Crippen LogP contribution in [0.4, 0.5) is 0 Å². The second-order valence-corrected chi connectivity index (χ2v) is 6.43. The van der Waals surface area contributed by atoms with Gasteiger partial charge >= 0.3 is 0 Å². The second kappa shape index (κ2) is 4.93. The third-order valence-corrected chi connectivity index (χ3v) is 6.48. The zero-order valence-electron chi connectivity index (χ0n) is 10.2. The normalized spacial score (nSPS) is 39.2. The van der Waals surface area contributed by atoms with Crippen molar-refractivity contribution in [3.8, 4) is 0 Å². The highest BCUT2D eigenvalue weighted by Crippen LogP contribution is 2.63. The number of rotatable bonds is 4. The summed E-state index contributed by atoms with van der Waals surface area (Å²) in [5, 5.41) is 10.5. The minimum Gasteiger partial charge on any atom is -0.392 e. The van der Waals surface area contributed by atoms with Crippen molar-refractivity contribution in [1.29, 1.82) is 0 Å². The lowest BCUT2D eigenvalue weighted by Crippen LogP contribution is -2.42. The molecule has 17 heavy (non-hydrogen) atoms. The first-order chi connectivity index (χ1) is 8.05. The lowest BCUT2D eigenvalue weighted by Gasteiger charge is -2.32. The van der Waals surface area contributed by atoms with Gasteiger partial charge in [-0.15, -0.1) is 0 Å². The molecule has 1 N–H and O–H groups in total. The summed E-state index contributed by atoms with van der Waals surface area (Å²) in [6.45, 7) is 2.13. The van der Waals surface area contributed by atoms with Crippen molar-refractivity contribution < 1.29 is 14.6 Å². The standard InChI is InChI=1S/C12H18Br2O3/c1-4-5-6-7-9(13)10(14)8(11(6)15)12(7,16-2)17-3/h6-8,11,15H,4-5H2,1-3H3/t6-,7-,8-,11-/m0/s1. The maximum absolute atomic E-state index is 10.5. The Morgan fingerprint density at radius 2 is 1.71 bits per heavy atom. The van der Waals surface area contributed by atoms with Gasteiger partial charge in [-0.3, -0.25) is 0 Å². The molecule has 0 aromatic heterocycles. The van der Waals surface area contributed by atoms with Crippen LogP contribution in [0.1, 0.15) is 19.8 Å². The van der Waals surface area contributed by atoms with E-state index in [1.807, 2.05) is 0 Å². The molecular formula is C12H18Br2O3. The maximum atomic E-state index is 10.5. The van der Waals surface area contributed by atoms with Crippen molar-refractivity contribution in [3.63, 3.8) is 0 Å². The van der Waals surface area contributed by atoms with Crippen LogP contribution in [-0.4, -0.2) is 31.2 Å². The van der Waals surface area contributed by atoms with Gasteiger partial charge in [-0.1, -0.05) is 45.2 Å². The minimum absolute atomic E-state index is 0.0758. The molecule has 0 aromatic carbocycles. The van der Waals surface area contributed by atoms with Gasteiger partial charge in [0.05, 0.1) is 17.9 Å². The molecule has 0 unspecified atom stereocenters. The molecule has 5 heteroatoms. The lowest BCUT2D eigenvalue weighted by molar-refractivity contribution is -0.236. The Morgan fingerprint density at radius 1 is 1.18 bits per heavy atom. The number of aliphatic hydroxyl groups is 1. The van der Waals surface area contributed by atoms with E-state index in [1.54, 1.807) is 14.2 Å². The molecule has 4 atom stereocenters. The quantitative estimate of drug-likeness (QED) is 0.774. The van der Waals surface area contributed by atoms with Crippen molar-refractivity contribution in [3.05, 3.63) is 8.96 Å². The summed E-state index contributed by atoms with van der Waals surface area (Å²) in [6, 6.07) is 0. The highest BCUT2D eigenvalue weighted by Gasteiger charge is 2.67. The highest BCUT2D eigenvalue weighted by atomic mass is 79.9. The molecule has 0 aliphatic heterocycles. The SMILES string of the molecule is CCC[C@@H]1[C@H](O)[C@@H]2C(Br)=C(Br)[C@H]1C2(OC)OC. The van der Waals surface area contributed by atoms with E-state index in [2.05, 4.69) is 38.8 Å². The van der Waals surface area contributed by atoms with Crippen molar-refractivity contribution >= 4 is 31.9 Å². The predicted molar refractivity (Wildman–Crippen MR) is 73.0 cm³/mol. The van der Waals surface area contributed by atoms with E-state index in [4.69, 9.17) is 9.47 Å². The Hall–Kier alpha value is 0.580. The van der Waals surface area contributed by atoms with Crippen molar-refractivity contribution in [2.45, 2.75) is 31.7 Å². The third-order valence-electron chi connectivity index (χ3n) is 4.11. The van der Waals surface area contributed by atoms with Crippen LogP contribution < -0.4 is 0 Å². The fraction of sp³-hybridized carbons (Fsp3) is 0.833. The molecule has 2 aliphatic rings. The molecule has 0 radical (unpaired) electrons. The highest BCUT2D eigenvalue weighted by molar-refractivity contribution is 9.14. The number of ether oxygens (including phenoxy) is 2. The predicted octanol–water partition coefficient (Wildman–Crippen LogP) is 3.01. The van der Waals surface area contributed by atoms with Gasteiger partial charge in [0.1, 0.15) is 0 Å². The number of methoxy groups -OCH3 is 2. The molecule has 0 spiro atoms. The van der Waals surface area contributed by atoms with Gasteiger partial charge < -0.3 is 14.6 Å². The molecule has 0 saturated heterocycles. The van der Waals surface area contributed by atoms with E-state index in [1.165, 1.54) is 0 Å².